The van der Waals surface area contributed by atoms with Gasteiger partial charge in [0.15, 0.2) is 5.69 Å². The normalized spacial score (nSPS) is 13.5. The van der Waals surface area contributed by atoms with E-state index in [1.165, 1.54) is 5.56 Å². The van der Waals surface area contributed by atoms with Crippen molar-refractivity contribution in [3.63, 3.8) is 0 Å². The summed E-state index contributed by atoms with van der Waals surface area (Å²) in [7, 11) is 0. The molecule has 0 saturated heterocycles. The summed E-state index contributed by atoms with van der Waals surface area (Å²) >= 11 is 0. The number of carbonyl (C=O) groups is 1. The zero-order chi connectivity index (χ0) is 16.1. The van der Waals surface area contributed by atoms with Gasteiger partial charge in [-0.15, -0.1) is 10.2 Å². The molecule has 23 heavy (non-hydrogen) atoms. The van der Waals surface area contributed by atoms with Crippen molar-refractivity contribution >= 4 is 17.4 Å². The van der Waals surface area contributed by atoms with Crippen molar-refractivity contribution in [1.29, 1.82) is 0 Å². The molecule has 0 spiro atoms. The maximum atomic E-state index is 12.7. The highest BCUT2D eigenvalue weighted by molar-refractivity contribution is 6.05. The summed E-state index contributed by atoms with van der Waals surface area (Å²) in [5, 5.41) is 11.4. The minimum Gasteiger partial charge on any atom is -0.369 e. The molecule has 0 radical (unpaired) electrons. The van der Waals surface area contributed by atoms with Crippen LogP contribution in [-0.2, 0) is 6.42 Å². The van der Waals surface area contributed by atoms with Gasteiger partial charge in [0.1, 0.15) is 5.82 Å². The first-order chi connectivity index (χ1) is 11.3. The number of fused-ring (bicyclic) bond motifs is 1. The highest BCUT2D eigenvalue weighted by atomic mass is 16.2. The Balaban J connectivity index is 1.74. The van der Waals surface area contributed by atoms with E-state index < -0.39 is 0 Å². The van der Waals surface area contributed by atoms with E-state index >= 15 is 0 Å². The van der Waals surface area contributed by atoms with Gasteiger partial charge in [0.05, 0.1) is 0 Å². The molecule has 3 rings (SSSR count). The average Bonchev–Trinajstić information content (AvgIpc) is 2.61. The first-order valence-corrected chi connectivity index (χ1v) is 8.27. The summed E-state index contributed by atoms with van der Waals surface area (Å²) in [4.78, 5) is 14.5. The van der Waals surface area contributed by atoms with Gasteiger partial charge in [0.25, 0.3) is 5.91 Å². The summed E-state index contributed by atoms with van der Waals surface area (Å²) in [6.07, 6.45) is 4.22. The van der Waals surface area contributed by atoms with Gasteiger partial charge in [0.2, 0.25) is 0 Å². The van der Waals surface area contributed by atoms with Crippen molar-refractivity contribution in [2.24, 2.45) is 0 Å². The highest BCUT2D eigenvalue weighted by Crippen LogP contribution is 2.27. The fourth-order valence-corrected chi connectivity index (χ4v) is 2.82. The van der Waals surface area contributed by atoms with Crippen LogP contribution in [0.3, 0.4) is 0 Å². The van der Waals surface area contributed by atoms with Crippen LogP contribution in [0.2, 0.25) is 0 Å². The van der Waals surface area contributed by atoms with Crippen LogP contribution in [0.25, 0.3) is 0 Å². The van der Waals surface area contributed by atoms with Crippen LogP contribution in [0.15, 0.2) is 36.4 Å². The van der Waals surface area contributed by atoms with Gasteiger partial charge in [-0.1, -0.05) is 31.5 Å². The minimum atomic E-state index is -0.0789. The maximum Gasteiger partial charge on any atom is 0.278 e. The second-order valence-corrected chi connectivity index (χ2v) is 5.77. The van der Waals surface area contributed by atoms with Crippen LogP contribution < -0.4 is 10.2 Å². The molecule has 0 aliphatic carbocycles. The second kappa shape index (κ2) is 7.22. The summed E-state index contributed by atoms with van der Waals surface area (Å²) in [6.45, 7) is 3.75. The molecule has 120 valence electrons. The number of rotatable bonds is 5. The van der Waals surface area contributed by atoms with Gasteiger partial charge in [-0.05, 0) is 43.0 Å². The van der Waals surface area contributed by atoms with Gasteiger partial charge >= 0.3 is 0 Å². The van der Waals surface area contributed by atoms with Crippen LogP contribution in [0.1, 0.15) is 42.2 Å². The number of unbranched alkanes of at least 4 members (excludes halogenated alkanes) is 1. The lowest BCUT2D eigenvalue weighted by Gasteiger charge is -2.29. The molecule has 5 heteroatoms. The Labute approximate surface area is 136 Å². The van der Waals surface area contributed by atoms with E-state index in [0.717, 1.165) is 44.5 Å². The van der Waals surface area contributed by atoms with Crippen molar-refractivity contribution in [3.8, 4) is 0 Å². The lowest BCUT2D eigenvalue weighted by Crippen LogP contribution is -2.36. The molecule has 1 aliphatic heterocycles. The van der Waals surface area contributed by atoms with Crippen LogP contribution in [0.4, 0.5) is 11.5 Å². The summed E-state index contributed by atoms with van der Waals surface area (Å²) in [5.74, 6) is 0.638. The predicted octanol–water partition coefficient (Wildman–Crippen LogP) is 3.28. The largest absolute Gasteiger partial charge is 0.369 e. The molecule has 1 amide bonds. The number of benzene rings is 1. The standard InChI is InChI=1S/C18H22N4O/c1-2-3-12-19-17-11-10-15(20-21-17)18(23)22-13-6-8-14-7-4-5-9-16(14)22/h4-5,7,9-11H,2-3,6,8,12-13H2,1H3,(H,19,21). The van der Waals surface area contributed by atoms with E-state index in [0.29, 0.717) is 11.5 Å². The van der Waals surface area contributed by atoms with E-state index in [2.05, 4.69) is 28.5 Å². The third-order valence-corrected chi connectivity index (χ3v) is 4.08. The molecule has 0 atom stereocenters. The molecule has 1 aromatic heterocycles. The van der Waals surface area contributed by atoms with Crippen LogP contribution >= 0.6 is 0 Å². The Kier molecular flexibility index (Phi) is 4.86. The van der Waals surface area contributed by atoms with Gasteiger partial charge in [0, 0.05) is 18.8 Å². The van der Waals surface area contributed by atoms with Crippen LogP contribution in [0.5, 0.6) is 0 Å². The molecule has 0 saturated carbocycles. The van der Waals surface area contributed by atoms with Gasteiger partial charge in [-0.2, -0.15) is 0 Å². The van der Waals surface area contributed by atoms with Crippen molar-refractivity contribution in [2.75, 3.05) is 23.3 Å². The molecule has 5 nitrogen and oxygen atoms in total. The van der Waals surface area contributed by atoms with Crippen molar-refractivity contribution in [3.05, 3.63) is 47.7 Å². The molecule has 2 aromatic rings. The number of aryl methyl sites for hydroxylation is 1. The smallest absolute Gasteiger partial charge is 0.278 e. The average molecular weight is 310 g/mol. The van der Waals surface area contributed by atoms with Crippen molar-refractivity contribution in [1.82, 2.24) is 10.2 Å². The molecular weight excluding hydrogens is 288 g/mol. The molecule has 0 bridgehead atoms. The summed E-state index contributed by atoms with van der Waals surface area (Å²) in [6, 6.07) is 11.6. The fourth-order valence-electron chi connectivity index (χ4n) is 2.82. The molecule has 0 unspecified atom stereocenters. The molecular formula is C18H22N4O. The van der Waals surface area contributed by atoms with Gasteiger partial charge in [-0.25, -0.2) is 0 Å². The SMILES string of the molecule is CCCCNc1ccc(C(=O)N2CCCc3ccccc32)nn1. The van der Waals surface area contributed by atoms with Crippen LogP contribution in [0, 0.1) is 0 Å². The Morgan fingerprint density at radius 2 is 2.09 bits per heavy atom. The Morgan fingerprint density at radius 3 is 2.87 bits per heavy atom. The number of para-hydroxylation sites is 1. The zero-order valence-corrected chi connectivity index (χ0v) is 13.5. The van der Waals surface area contributed by atoms with Crippen molar-refractivity contribution < 1.29 is 4.79 Å². The number of anilines is 2. The second-order valence-electron chi connectivity index (χ2n) is 5.77. The fraction of sp³-hybridized carbons (Fsp3) is 0.389. The highest BCUT2D eigenvalue weighted by Gasteiger charge is 2.24. The maximum absolute atomic E-state index is 12.7. The predicted molar refractivity (Wildman–Crippen MR) is 91.9 cm³/mol. The van der Waals surface area contributed by atoms with Crippen molar-refractivity contribution in [2.45, 2.75) is 32.6 Å². The van der Waals surface area contributed by atoms with Gasteiger partial charge in [-0.3, -0.25) is 4.79 Å². The Bertz CT molecular complexity index is 669. The summed E-state index contributed by atoms with van der Waals surface area (Å²) < 4.78 is 0. The monoisotopic (exact) mass is 310 g/mol. The van der Waals surface area contributed by atoms with E-state index in [9.17, 15) is 4.79 Å². The van der Waals surface area contributed by atoms with E-state index in [-0.39, 0.29) is 5.91 Å². The molecule has 1 N–H and O–H groups in total. The first kappa shape index (κ1) is 15.5. The molecule has 0 fully saturated rings. The van der Waals surface area contributed by atoms with E-state index in [4.69, 9.17) is 0 Å². The van der Waals surface area contributed by atoms with Gasteiger partial charge < -0.3 is 10.2 Å². The van der Waals surface area contributed by atoms with E-state index in [1.54, 1.807) is 6.07 Å². The number of nitrogens with one attached hydrogen (secondary N) is 1. The third kappa shape index (κ3) is 3.50. The minimum absolute atomic E-state index is 0.0789. The zero-order valence-electron chi connectivity index (χ0n) is 13.5. The quantitative estimate of drug-likeness (QED) is 0.861. The molecule has 2 heterocycles. The topological polar surface area (TPSA) is 58.1 Å². The Morgan fingerprint density at radius 1 is 1.22 bits per heavy atom. The van der Waals surface area contributed by atoms with E-state index in [1.807, 2.05) is 29.2 Å². The molecule has 1 aliphatic rings. The number of nitrogens with zero attached hydrogens (tertiary/aromatic N) is 3. The number of amides is 1. The number of aromatic nitrogens is 2. The molecule has 1 aromatic carbocycles. The number of hydrogen-bond acceptors (Lipinski definition) is 4. The van der Waals surface area contributed by atoms with Crippen LogP contribution in [-0.4, -0.2) is 29.2 Å². The lowest BCUT2D eigenvalue weighted by atomic mass is 10.0. The summed E-state index contributed by atoms with van der Waals surface area (Å²) in [5.41, 5.74) is 2.61. The first-order valence-electron chi connectivity index (χ1n) is 8.27. The lowest BCUT2D eigenvalue weighted by molar-refractivity contribution is 0.0979. The third-order valence-electron chi connectivity index (χ3n) is 4.08. The number of hydrogen-bond donors (Lipinski definition) is 1. The number of carbonyl (C=O) groups excluding carboxylic acids is 1. The Hall–Kier alpha value is -2.43.